The van der Waals surface area contributed by atoms with Crippen LogP contribution in [0.3, 0.4) is 0 Å². The summed E-state index contributed by atoms with van der Waals surface area (Å²) in [6, 6.07) is 13.2. The first kappa shape index (κ1) is 17.7. The van der Waals surface area contributed by atoms with E-state index < -0.39 is 0 Å². The fourth-order valence-corrected chi connectivity index (χ4v) is 2.65. The van der Waals surface area contributed by atoms with Crippen LogP contribution in [0.5, 0.6) is 0 Å². The maximum atomic E-state index is 8.87. The normalized spacial score (nSPS) is 10.3. The topological polar surface area (TPSA) is 73.6 Å². The predicted molar refractivity (Wildman–Crippen MR) is 105 cm³/mol. The summed E-state index contributed by atoms with van der Waals surface area (Å²) < 4.78 is 0. The molecule has 0 aliphatic heterocycles. The molecule has 3 rings (SSSR count). The van der Waals surface area contributed by atoms with Gasteiger partial charge < -0.3 is 10.6 Å². The highest BCUT2D eigenvalue weighted by Gasteiger charge is 2.08. The number of halogens is 1. The maximum absolute atomic E-state index is 8.87. The number of hydrogen-bond donors (Lipinski definition) is 2. The number of nitrogens with zero attached hydrogens (tertiary/aromatic N) is 3. The number of benzene rings is 2. The van der Waals surface area contributed by atoms with Gasteiger partial charge in [-0.2, -0.15) is 10.2 Å². The molecule has 0 aliphatic carbocycles. The molecule has 26 heavy (non-hydrogen) atoms. The van der Waals surface area contributed by atoms with Crippen LogP contribution in [0.1, 0.15) is 22.3 Å². The zero-order valence-corrected chi connectivity index (χ0v) is 15.5. The average Bonchev–Trinajstić information content (AvgIpc) is 2.63. The fraction of sp³-hybridized carbons (Fsp3) is 0.150. The van der Waals surface area contributed by atoms with Crippen molar-refractivity contribution in [2.24, 2.45) is 0 Å². The standard InChI is InChI=1S/C20H18ClN5/c1-12-8-17(9-13(2)18(12)21)24-19-14(3)11-23-20(26-19)25-16-6-4-15(10-22)5-7-16/h4-9,11H,1-3H3,(H2,23,24,25,26). The van der Waals surface area contributed by atoms with E-state index in [1.165, 1.54) is 0 Å². The highest BCUT2D eigenvalue weighted by Crippen LogP contribution is 2.27. The van der Waals surface area contributed by atoms with E-state index in [0.29, 0.717) is 11.5 Å². The molecule has 2 N–H and O–H groups in total. The van der Waals surface area contributed by atoms with E-state index in [1.807, 2.05) is 45.0 Å². The molecule has 0 unspecified atom stereocenters. The Morgan fingerprint density at radius 1 is 0.923 bits per heavy atom. The molecule has 3 aromatic rings. The summed E-state index contributed by atoms with van der Waals surface area (Å²) in [5, 5.41) is 16.1. The lowest BCUT2D eigenvalue weighted by Crippen LogP contribution is -2.03. The van der Waals surface area contributed by atoms with Gasteiger partial charge in [-0.15, -0.1) is 0 Å². The third-order valence-electron chi connectivity index (χ3n) is 3.94. The molecule has 0 amide bonds. The number of aryl methyl sites for hydroxylation is 3. The van der Waals surface area contributed by atoms with Crippen LogP contribution >= 0.6 is 11.6 Å². The van der Waals surface area contributed by atoms with E-state index in [2.05, 4.69) is 26.7 Å². The van der Waals surface area contributed by atoms with Crippen molar-refractivity contribution in [1.82, 2.24) is 9.97 Å². The molecule has 0 aliphatic rings. The molecule has 0 saturated carbocycles. The molecule has 1 aromatic heterocycles. The Kier molecular flexibility index (Phi) is 5.06. The highest BCUT2D eigenvalue weighted by atomic mass is 35.5. The predicted octanol–water partition coefficient (Wildman–Crippen LogP) is 5.41. The molecule has 6 heteroatoms. The van der Waals surface area contributed by atoms with Crippen LogP contribution in [0.15, 0.2) is 42.6 Å². The van der Waals surface area contributed by atoms with Gasteiger partial charge in [-0.25, -0.2) is 4.98 Å². The second-order valence-corrected chi connectivity index (χ2v) is 6.47. The molecule has 0 spiro atoms. The van der Waals surface area contributed by atoms with E-state index in [0.717, 1.165) is 38.9 Å². The van der Waals surface area contributed by atoms with Crippen LogP contribution in [0.2, 0.25) is 5.02 Å². The van der Waals surface area contributed by atoms with E-state index >= 15 is 0 Å². The second kappa shape index (κ2) is 7.42. The summed E-state index contributed by atoms with van der Waals surface area (Å²) in [7, 11) is 0. The van der Waals surface area contributed by atoms with Gasteiger partial charge in [0.2, 0.25) is 5.95 Å². The van der Waals surface area contributed by atoms with Gasteiger partial charge in [0, 0.05) is 28.2 Å². The van der Waals surface area contributed by atoms with Gasteiger partial charge in [0.05, 0.1) is 11.6 Å². The SMILES string of the molecule is Cc1cnc(Nc2ccc(C#N)cc2)nc1Nc1cc(C)c(Cl)c(C)c1. The number of rotatable bonds is 4. The highest BCUT2D eigenvalue weighted by molar-refractivity contribution is 6.32. The lowest BCUT2D eigenvalue weighted by Gasteiger charge is -2.13. The third-order valence-corrected chi connectivity index (χ3v) is 4.54. The minimum atomic E-state index is 0.477. The smallest absolute Gasteiger partial charge is 0.229 e. The summed E-state index contributed by atoms with van der Waals surface area (Å²) >= 11 is 6.24. The summed E-state index contributed by atoms with van der Waals surface area (Å²) in [5.74, 6) is 1.20. The van der Waals surface area contributed by atoms with Crippen LogP contribution in [-0.2, 0) is 0 Å². The zero-order valence-electron chi connectivity index (χ0n) is 14.8. The Labute approximate surface area is 157 Å². The van der Waals surface area contributed by atoms with E-state index in [9.17, 15) is 0 Å². The van der Waals surface area contributed by atoms with Crippen molar-refractivity contribution in [2.45, 2.75) is 20.8 Å². The van der Waals surface area contributed by atoms with Crippen molar-refractivity contribution in [3.05, 3.63) is 69.9 Å². The van der Waals surface area contributed by atoms with Crippen molar-refractivity contribution in [2.75, 3.05) is 10.6 Å². The number of aromatic nitrogens is 2. The Morgan fingerprint density at radius 3 is 2.19 bits per heavy atom. The summed E-state index contributed by atoms with van der Waals surface area (Å²) in [4.78, 5) is 8.88. The Morgan fingerprint density at radius 2 is 1.58 bits per heavy atom. The van der Waals surface area contributed by atoms with Gasteiger partial charge in [0.15, 0.2) is 0 Å². The molecular weight excluding hydrogens is 346 g/mol. The van der Waals surface area contributed by atoms with E-state index in [1.54, 1.807) is 18.3 Å². The Bertz CT molecular complexity index is 967. The van der Waals surface area contributed by atoms with Crippen molar-refractivity contribution in [1.29, 1.82) is 5.26 Å². The quantitative estimate of drug-likeness (QED) is 0.647. The van der Waals surface area contributed by atoms with Crippen LogP contribution in [0.25, 0.3) is 0 Å². The van der Waals surface area contributed by atoms with E-state index in [-0.39, 0.29) is 0 Å². The van der Waals surface area contributed by atoms with E-state index in [4.69, 9.17) is 16.9 Å². The van der Waals surface area contributed by atoms with Gasteiger partial charge in [0.1, 0.15) is 5.82 Å². The minimum Gasteiger partial charge on any atom is -0.340 e. The second-order valence-electron chi connectivity index (χ2n) is 6.09. The van der Waals surface area contributed by atoms with Gasteiger partial charge in [-0.1, -0.05) is 11.6 Å². The molecule has 0 atom stereocenters. The van der Waals surface area contributed by atoms with Crippen molar-refractivity contribution < 1.29 is 0 Å². The monoisotopic (exact) mass is 363 g/mol. The first-order valence-corrected chi connectivity index (χ1v) is 8.48. The molecule has 2 aromatic carbocycles. The molecule has 0 fully saturated rings. The van der Waals surface area contributed by atoms with Gasteiger partial charge >= 0.3 is 0 Å². The largest absolute Gasteiger partial charge is 0.340 e. The van der Waals surface area contributed by atoms with Crippen molar-refractivity contribution in [3.63, 3.8) is 0 Å². The lowest BCUT2D eigenvalue weighted by atomic mass is 10.1. The van der Waals surface area contributed by atoms with Crippen LogP contribution in [-0.4, -0.2) is 9.97 Å². The minimum absolute atomic E-state index is 0.477. The van der Waals surface area contributed by atoms with Crippen molar-refractivity contribution >= 4 is 34.7 Å². The third kappa shape index (κ3) is 3.93. The lowest BCUT2D eigenvalue weighted by molar-refractivity contribution is 1.13. The first-order valence-electron chi connectivity index (χ1n) is 8.11. The maximum Gasteiger partial charge on any atom is 0.229 e. The number of anilines is 4. The molecule has 0 radical (unpaired) electrons. The van der Waals surface area contributed by atoms with Gasteiger partial charge in [-0.05, 0) is 68.3 Å². The molecule has 130 valence electrons. The number of nitriles is 1. The van der Waals surface area contributed by atoms with Crippen LogP contribution in [0.4, 0.5) is 23.1 Å². The number of hydrogen-bond acceptors (Lipinski definition) is 5. The zero-order chi connectivity index (χ0) is 18.7. The Balaban J connectivity index is 1.84. The van der Waals surface area contributed by atoms with Crippen LogP contribution in [0, 0.1) is 32.1 Å². The summed E-state index contributed by atoms with van der Waals surface area (Å²) in [5.41, 5.74) is 5.30. The molecular formula is C20H18ClN5. The molecule has 0 saturated heterocycles. The fourth-order valence-electron chi connectivity index (χ4n) is 2.54. The Hall–Kier alpha value is -3.10. The molecule has 0 bridgehead atoms. The number of nitrogens with one attached hydrogen (secondary N) is 2. The summed E-state index contributed by atoms with van der Waals surface area (Å²) in [6.07, 6.45) is 1.76. The summed E-state index contributed by atoms with van der Waals surface area (Å²) in [6.45, 7) is 5.90. The van der Waals surface area contributed by atoms with Gasteiger partial charge in [0.25, 0.3) is 0 Å². The average molecular weight is 364 g/mol. The van der Waals surface area contributed by atoms with Crippen molar-refractivity contribution in [3.8, 4) is 6.07 Å². The first-order chi connectivity index (χ1) is 12.5. The van der Waals surface area contributed by atoms with Crippen LogP contribution < -0.4 is 10.6 Å². The molecule has 5 nitrogen and oxygen atoms in total. The molecule has 1 heterocycles. The van der Waals surface area contributed by atoms with Gasteiger partial charge in [-0.3, -0.25) is 0 Å².